The van der Waals surface area contributed by atoms with Crippen molar-refractivity contribution in [3.8, 4) is 0 Å². The highest BCUT2D eigenvalue weighted by molar-refractivity contribution is 4.76. The molecule has 11 heavy (non-hydrogen) atoms. The summed E-state index contributed by atoms with van der Waals surface area (Å²) in [4.78, 5) is 0. The number of methoxy groups -OCH3 is 1. The van der Waals surface area contributed by atoms with Crippen molar-refractivity contribution in [1.82, 2.24) is 0 Å². The first-order valence-electron chi connectivity index (χ1n) is 3.11. The molecular formula is C6H10F4O. The van der Waals surface area contributed by atoms with Gasteiger partial charge in [0.2, 0.25) is 0 Å². The van der Waals surface area contributed by atoms with Gasteiger partial charge in [0.15, 0.2) is 6.67 Å². The van der Waals surface area contributed by atoms with Crippen LogP contribution in [0.2, 0.25) is 0 Å². The molecule has 0 aromatic heterocycles. The molecule has 0 N–H and O–H groups in total. The zero-order valence-electron chi connectivity index (χ0n) is 6.12. The molecule has 0 aliphatic heterocycles. The summed E-state index contributed by atoms with van der Waals surface area (Å²) in [6.45, 7) is -2.75. The third-order valence-corrected chi connectivity index (χ3v) is 1.31. The van der Waals surface area contributed by atoms with Crippen molar-refractivity contribution in [3.05, 3.63) is 0 Å². The fourth-order valence-electron chi connectivity index (χ4n) is 0.687. The van der Waals surface area contributed by atoms with Gasteiger partial charge < -0.3 is 4.74 Å². The molecule has 1 atom stereocenters. The maximum Gasteiger partial charge on any atom is 0.301 e. The number of rotatable bonds is 5. The van der Waals surface area contributed by atoms with Gasteiger partial charge in [0.05, 0.1) is 6.67 Å². The Hall–Kier alpha value is -0.320. The molecular weight excluding hydrogens is 164 g/mol. The van der Waals surface area contributed by atoms with Gasteiger partial charge in [-0.05, 0) is 0 Å². The van der Waals surface area contributed by atoms with E-state index < -0.39 is 31.8 Å². The van der Waals surface area contributed by atoms with Gasteiger partial charge in [0.1, 0.15) is 6.10 Å². The smallest absolute Gasteiger partial charge is 0.301 e. The Kier molecular flexibility index (Phi) is 4.40. The molecule has 0 saturated carbocycles. The van der Waals surface area contributed by atoms with Gasteiger partial charge in [-0.1, -0.05) is 0 Å². The number of hydrogen-bond acceptors (Lipinski definition) is 1. The summed E-state index contributed by atoms with van der Waals surface area (Å²) in [6, 6.07) is 0. The van der Waals surface area contributed by atoms with Crippen molar-refractivity contribution in [2.45, 2.75) is 18.4 Å². The van der Waals surface area contributed by atoms with Crippen LogP contribution in [0.3, 0.4) is 0 Å². The van der Waals surface area contributed by atoms with Crippen LogP contribution < -0.4 is 0 Å². The van der Waals surface area contributed by atoms with Gasteiger partial charge in [0, 0.05) is 13.5 Å². The molecule has 0 bridgehead atoms. The first-order valence-corrected chi connectivity index (χ1v) is 3.11. The lowest BCUT2D eigenvalue weighted by molar-refractivity contribution is -0.138. The quantitative estimate of drug-likeness (QED) is 0.579. The van der Waals surface area contributed by atoms with E-state index in [1.165, 1.54) is 0 Å². The van der Waals surface area contributed by atoms with Crippen molar-refractivity contribution in [1.29, 1.82) is 0 Å². The molecule has 0 aliphatic carbocycles. The van der Waals surface area contributed by atoms with Crippen molar-refractivity contribution >= 4 is 0 Å². The Morgan fingerprint density at radius 3 is 2.18 bits per heavy atom. The number of halogens is 4. The Balaban J connectivity index is 3.99. The van der Waals surface area contributed by atoms with Crippen molar-refractivity contribution < 1.29 is 22.3 Å². The molecule has 1 nitrogen and oxygen atoms in total. The number of hydrogen-bond donors (Lipinski definition) is 0. The first kappa shape index (κ1) is 10.7. The number of ether oxygens (including phenoxy) is 1. The van der Waals surface area contributed by atoms with Crippen LogP contribution in [0.4, 0.5) is 17.6 Å². The standard InChI is InChI=1S/C6H10F4O/c1-11-5(2-3-7)6(9,10)4-8/h5H,2-4H2,1H3. The third-order valence-electron chi connectivity index (χ3n) is 1.31. The normalized spacial score (nSPS) is 15.0. The molecule has 0 saturated heterocycles. The van der Waals surface area contributed by atoms with Crippen LogP contribution in [-0.2, 0) is 4.74 Å². The van der Waals surface area contributed by atoms with Gasteiger partial charge in [-0.3, -0.25) is 4.39 Å². The summed E-state index contributed by atoms with van der Waals surface area (Å²) < 4.78 is 52.0. The molecule has 0 aromatic rings. The van der Waals surface area contributed by atoms with Gasteiger partial charge >= 0.3 is 5.92 Å². The average Bonchev–Trinajstić information content (AvgIpc) is 2.00. The second-order valence-electron chi connectivity index (χ2n) is 2.10. The second-order valence-corrected chi connectivity index (χ2v) is 2.10. The zero-order valence-corrected chi connectivity index (χ0v) is 6.12. The lowest BCUT2D eigenvalue weighted by atomic mass is 10.1. The predicted octanol–water partition coefficient (Wildman–Crippen LogP) is 1.97. The summed E-state index contributed by atoms with van der Waals surface area (Å²) in [5.41, 5.74) is 0. The minimum Gasteiger partial charge on any atom is -0.375 e. The Morgan fingerprint density at radius 2 is 1.91 bits per heavy atom. The van der Waals surface area contributed by atoms with Crippen LogP contribution in [-0.4, -0.2) is 32.5 Å². The van der Waals surface area contributed by atoms with Crippen molar-refractivity contribution in [2.75, 3.05) is 20.5 Å². The van der Waals surface area contributed by atoms with E-state index in [-0.39, 0.29) is 0 Å². The molecule has 0 radical (unpaired) electrons. The van der Waals surface area contributed by atoms with E-state index in [0.717, 1.165) is 7.11 Å². The molecule has 0 aromatic carbocycles. The zero-order chi connectivity index (χ0) is 8.91. The highest BCUT2D eigenvalue weighted by Gasteiger charge is 2.39. The Labute approximate surface area is 62.3 Å². The van der Waals surface area contributed by atoms with E-state index >= 15 is 0 Å². The fraction of sp³-hybridized carbons (Fsp3) is 1.00. The third kappa shape index (κ3) is 3.05. The molecule has 5 heteroatoms. The summed E-state index contributed by atoms with van der Waals surface area (Å²) in [5.74, 6) is -3.57. The van der Waals surface area contributed by atoms with Gasteiger partial charge in [-0.2, -0.15) is 0 Å². The summed E-state index contributed by atoms with van der Waals surface area (Å²) in [6.07, 6.45) is -2.13. The molecule has 68 valence electrons. The van der Waals surface area contributed by atoms with E-state index in [9.17, 15) is 17.6 Å². The van der Waals surface area contributed by atoms with E-state index in [2.05, 4.69) is 4.74 Å². The highest BCUT2D eigenvalue weighted by Crippen LogP contribution is 2.23. The largest absolute Gasteiger partial charge is 0.375 e. The fourth-order valence-corrected chi connectivity index (χ4v) is 0.687. The minimum atomic E-state index is -3.57. The van der Waals surface area contributed by atoms with Crippen LogP contribution in [0.1, 0.15) is 6.42 Å². The molecule has 0 heterocycles. The van der Waals surface area contributed by atoms with Crippen molar-refractivity contribution in [2.24, 2.45) is 0 Å². The first-order chi connectivity index (χ1) is 5.08. The second kappa shape index (κ2) is 4.54. The molecule has 0 spiro atoms. The van der Waals surface area contributed by atoms with Crippen LogP contribution in [0.25, 0.3) is 0 Å². The monoisotopic (exact) mass is 174 g/mol. The van der Waals surface area contributed by atoms with Gasteiger partial charge in [0.25, 0.3) is 0 Å². The summed E-state index contributed by atoms with van der Waals surface area (Å²) in [7, 11) is 1.00. The van der Waals surface area contributed by atoms with Crippen LogP contribution >= 0.6 is 0 Å². The summed E-state index contributed by atoms with van der Waals surface area (Å²) >= 11 is 0. The van der Waals surface area contributed by atoms with Crippen LogP contribution in [0, 0.1) is 0 Å². The Morgan fingerprint density at radius 1 is 1.36 bits per heavy atom. The van der Waals surface area contributed by atoms with E-state index in [1.807, 2.05) is 0 Å². The van der Waals surface area contributed by atoms with E-state index in [0.29, 0.717) is 0 Å². The molecule has 0 aliphatic rings. The van der Waals surface area contributed by atoms with Gasteiger partial charge in [-0.25, -0.2) is 13.2 Å². The average molecular weight is 174 g/mol. The van der Waals surface area contributed by atoms with E-state index in [4.69, 9.17) is 0 Å². The predicted molar refractivity (Wildman–Crippen MR) is 32.3 cm³/mol. The summed E-state index contributed by atoms with van der Waals surface area (Å²) in [5, 5.41) is 0. The molecule has 0 fully saturated rings. The maximum absolute atomic E-state index is 12.3. The van der Waals surface area contributed by atoms with Crippen molar-refractivity contribution in [3.63, 3.8) is 0 Å². The van der Waals surface area contributed by atoms with Crippen LogP contribution in [0.15, 0.2) is 0 Å². The highest BCUT2D eigenvalue weighted by atomic mass is 19.3. The molecule has 1 unspecified atom stereocenters. The topological polar surface area (TPSA) is 9.23 Å². The van der Waals surface area contributed by atoms with Crippen LogP contribution in [0.5, 0.6) is 0 Å². The molecule has 0 rings (SSSR count). The SMILES string of the molecule is COC(CCF)C(F)(F)CF. The van der Waals surface area contributed by atoms with E-state index in [1.54, 1.807) is 0 Å². The van der Waals surface area contributed by atoms with Gasteiger partial charge in [-0.15, -0.1) is 0 Å². The minimum absolute atomic E-state index is 0.479. The molecule has 0 amide bonds. The Bertz CT molecular complexity index is 107. The lowest BCUT2D eigenvalue weighted by Crippen LogP contribution is -2.37. The maximum atomic E-state index is 12.3. The lowest BCUT2D eigenvalue weighted by Gasteiger charge is -2.21. The number of alkyl halides is 4.